The predicted molar refractivity (Wildman–Crippen MR) is 73.5 cm³/mol. The number of rotatable bonds is 3. The Kier molecular flexibility index (Phi) is 4.01. The molecule has 19 heavy (non-hydrogen) atoms. The largest absolute Gasteiger partial charge is 0.397 e. The van der Waals surface area contributed by atoms with E-state index in [1.54, 1.807) is 19.1 Å². The molecular weight excluding hydrogens is 244 g/mol. The number of nitrogens with two attached hydrogens (primary N) is 1. The van der Waals surface area contributed by atoms with Gasteiger partial charge in [0.25, 0.3) is 0 Å². The van der Waals surface area contributed by atoms with Gasteiger partial charge in [-0.1, -0.05) is 12.1 Å². The smallest absolute Gasteiger partial charge is 0.238 e. The Morgan fingerprint density at radius 1 is 1.53 bits per heavy atom. The van der Waals surface area contributed by atoms with Gasteiger partial charge in [0.1, 0.15) is 0 Å². The highest BCUT2D eigenvalue weighted by atomic mass is 16.2. The van der Waals surface area contributed by atoms with Gasteiger partial charge in [-0.3, -0.25) is 14.5 Å². The van der Waals surface area contributed by atoms with E-state index in [-0.39, 0.29) is 24.4 Å². The molecule has 0 radical (unpaired) electrons. The highest BCUT2D eigenvalue weighted by Gasteiger charge is 2.26. The van der Waals surface area contributed by atoms with Crippen LogP contribution in [0.15, 0.2) is 24.3 Å². The standard InChI is InChI=1S/C13H18N4O2/c1-9-13(19)15-6-7-17(9)8-12(18)16-11-5-3-2-4-10(11)14/h2-5,9H,6-8,14H2,1H3,(H,15,19)(H,16,18). The lowest BCUT2D eigenvalue weighted by Gasteiger charge is -2.32. The molecule has 1 unspecified atom stereocenters. The Bertz CT molecular complexity index is 489. The van der Waals surface area contributed by atoms with Crippen LogP contribution in [0, 0.1) is 0 Å². The molecular formula is C13H18N4O2. The van der Waals surface area contributed by atoms with Crippen LogP contribution in [0.5, 0.6) is 0 Å². The van der Waals surface area contributed by atoms with E-state index >= 15 is 0 Å². The molecule has 6 heteroatoms. The van der Waals surface area contributed by atoms with Crippen LogP contribution < -0.4 is 16.4 Å². The lowest BCUT2D eigenvalue weighted by atomic mass is 10.2. The molecule has 1 aromatic carbocycles. The van der Waals surface area contributed by atoms with Gasteiger partial charge in [0.15, 0.2) is 0 Å². The Balaban J connectivity index is 1.94. The number of para-hydroxylation sites is 2. The van der Waals surface area contributed by atoms with Gasteiger partial charge in [0.05, 0.1) is 24.0 Å². The maximum atomic E-state index is 11.9. The number of hydrogen-bond acceptors (Lipinski definition) is 4. The number of nitrogens with zero attached hydrogens (tertiary/aromatic N) is 1. The first-order chi connectivity index (χ1) is 9.08. The lowest BCUT2D eigenvalue weighted by Crippen LogP contribution is -2.55. The van der Waals surface area contributed by atoms with Crippen molar-refractivity contribution >= 4 is 23.2 Å². The fourth-order valence-electron chi connectivity index (χ4n) is 2.03. The summed E-state index contributed by atoms with van der Waals surface area (Å²) in [6.45, 7) is 3.22. The van der Waals surface area contributed by atoms with Crippen molar-refractivity contribution in [1.82, 2.24) is 10.2 Å². The zero-order valence-corrected chi connectivity index (χ0v) is 10.8. The second-order valence-electron chi connectivity index (χ2n) is 4.57. The van der Waals surface area contributed by atoms with Gasteiger partial charge in [-0.25, -0.2) is 0 Å². The third-order valence-corrected chi connectivity index (χ3v) is 3.21. The molecule has 1 saturated heterocycles. The van der Waals surface area contributed by atoms with Crippen molar-refractivity contribution in [3.63, 3.8) is 0 Å². The summed E-state index contributed by atoms with van der Waals surface area (Å²) in [6.07, 6.45) is 0. The minimum Gasteiger partial charge on any atom is -0.397 e. The molecule has 1 aromatic rings. The van der Waals surface area contributed by atoms with Gasteiger partial charge < -0.3 is 16.4 Å². The third kappa shape index (κ3) is 3.23. The molecule has 2 rings (SSSR count). The van der Waals surface area contributed by atoms with Crippen LogP contribution >= 0.6 is 0 Å². The number of piperazine rings is 1. The Hall–Kier alpha value is -2.08. The maximum absolute atomic E-state index is 11.9. The average molecular weight is 262 g/mol. The zero-order valence-electron chi connectivity index (χ0n) is 10.8. The van der Waals surface area contributed by atoms with Crippen molar-refractivity contribution in [3.8, 4) is 0 Å². The van der Waals surface area contributed by atoms with Crippen LogP contribution in [0.2, 0.25) is 0 Å². The molecule has 6 nitrogen and oxygen atoms in total. The quantitative estimate of drug-likeness (QED) is 0.671. The predicted octanol–water partition coefficient (Wildman–Crippen LogP) is 0.0276. The Morgan fingerprint density at radius 3 is 3.00 bits per heavy atom. The summed E-state index contributed by atoms with van der Waals surface area (Å²) in [5.74, 6) is -0.210. The monoisotopic (exact) mass is 262 g/mol. The van der Waals surface area contributed by atoms with Crippen LogP contribution in [-0.4, -0.2) is 42.4 Å². The molecule has 2 amide bonds. The van der Waals surface area contributed by atoms with E-state index in [1.165, 1.54) is 0 Å². The van der Waals surface area contributed by atoms with E-state index in [0.29, 0.717) is 24.5 Å². The zero-order chi connectivity index (χ0) is 13.8. The summed E-state index contributed by atoms with van der Waals surface area (Å²) in [5.41, 5.74) is 6.89. The van der Waals surface area contributed by atoms with Gasteiger partial charge in [0, 0.05) is 13.1 Å². The molecule has 1 aliphatic heterocycles. The van der Waals surface area contributed by atoms with E-state index < -0.39 is 0 Å². The van der Waals surface area contributed by atoms with E-state index in [2.05, 4.69) is 10.6 Å². The number of hydrogen-bond donors (Lipinski definition) is 3. The summed E-state index contributed by atoms with van der Waals surface area (Å²) < 4.78 is 0. The van der Waals surface area contributed by atoms with Gasteiger partial charge in [-0.15, -0.1) is 0 Å². The van der Waals surface area contributed by atoms with Crippen LogP contribution in [-0.2, 0) is 9.59 Å². The molecule has 1 aliphatic rings. The summed E-state index contributed by atoms with van der Waals surface area (Å²) >= 11 is 0. The van der Waals surface area contributed by atoms with Crippen molar-refractivity contribution < 1.29 is 9.59 Å². The highest BCUT2D eigenvalue weighted by Crippen LogP contribution is 2.16. The van der Waals surface area contributed by atoms with Gasteiger partial charge >= 0.3 is 0 Å². The fourth-order valence-corrected chi connectivity index (χ4v) is 2.03. The summed E-state index contributed by atoms with van der Waals surface area (Å²) in [7, 11) is 0. The summed E-state index contributed by atoms with van der Waals surface area (Å²) in [6, 6.07) is 6.81. The molecule has 0 bridgehead atoms. The molecule has 4 N–H and O–H groups in total. The highest BCUT2D eigenvalue weighted by molar-refractivity contribution is 5.95. The van der Waals surface area contributed by atoms with Crippen molar-refractivity contribution in [3.05, 3.63) is 24.3 Å². The second kappa shape index (κ2) is 5.71. The second-order valence-corrected chi connectivity index (χ2v) is 4.57. The van der Waals surface area contributed by atoms with E-state index in [0.717, 1.165) is 0 Å². The lowest BCUT2D eigenvalue weighted by molar-refractivity contribution is -0.129. The average Bonchev–Trinajstić information content (AvgIpc) is 2.38. The van der Waals surface area contributed by atoms with Crippen molar-refractivity contribution in [1.29, 1.82) is 0 Å². The number of anilines is 2. The first-order valence-electron chi connectivity index (χ1n) is 6.24. The molecule has 1 atom stereocenters. The SMILES string of the molecule is CC1C(=O)NCCN1CC(=O)Nc1ccccc1N. The van der Waals surface area contributed by atoms with Gasteiger partial charge in [-0.2, -0.15) is 0 Å². The van der Waals surface area contributed by atoms with Crippen LogP contribution in [0.1, 0.15) is 6.92 Å². The van der Waals surface area contributed by atoms with Crippen molar-refractivity contribution in [2.24, 2.45) is 0 Å². The summed E-state index contributed by atoms with van der Waals surface area (Å²) in [4.78, 5) is 25.3. The minimum absolute atomic E-state index is 0.0433. The molecule has 0 spiro atoms. The molecule has 0 aliphatic carbocycles. The molecule has 0 aromatic heterocycles. The number of nitrogen functional groups attached to an aromatic ring is 1. The van der Waals surface area contributed by atoms with Crippen molar-refractivity contribution in [2.75, 3.05) is 30.7 Å². The first-order valence-corrected chi connectivity index (χ1v) is 6.24. The minimum atomic E-state index is -0.285. The Labute approximate surface area is 112 Å². The van der Waals surface area contributed by atoms with Crippen molar-refractivity contribution in [2.45, 2.75) is 13.0 Å². The first kappa shape index (κ1) is 13.4. The number of carbonyl (C=O) groups is 2. The number of amides is 2. The van der Waals surface area contributed by atoms with Gasteiger partial charge in [-0.05, 0) is 19.1 Å². The number of benzene rings is 1. The van der Waals surface area contributed by atoms with Crippen LogP contribution in [0.4, 0.5) is 11.4 Å². The van der Waals surface area contributed by atoms with Gasteiger partial charge in [0.2, 0.25) is 11.8 Å². The summed E-state index contributed by atoms with van der Waals surface area (Å²) in [5, 5.41) is 5.52. The number of nitrogens with one attached hydrogen (secondary N) is 2. The fraction of sp³-hybridized carbons (Fsp3) is 0.385. The number of carbonyl (C=O) groups excluding carboxylic acids is 2. The Morgan fingerprint density at radius 2 is 2.26 bits per heavy atom. The topological polar surface area (TPSA) is 87.5 Å². The normalized spacial score (nSPS) is 19.8. The third-order valence-electron chi connectivity index (χ3n) is 3.21. The van der Waals surface area contributed by atoms with E-state index in [1.807, 2.05) is 17.0 Å². The van der Waals surface area contributed by atoms with E-state index in [4.69, 9.17) is 5.73 Å². The molecule has 1 heterocycles. The van der Waals surface area contributed by atoms with Crippen LogP contribution in [0.25, 0.3) is 0 Å². The molecule has 1 fully saturated rings. The molecule has 102 valence electrons. The molecule has 0 saturated carbocycles. The van der Waals surface area contributed by atoms with Crippen LogP contribution in [0.3, 0.4) is 0 Å². The van der Waals surface area contributed by atoms with E-state index in [9.17, 15) is 9.59 Å². The maximum Gasteiger partial charge on any atom is 0.238 e.